The molecule has 0 bridgehead atoms. The molecular formula is C12H16N4O. The van der Waals surface area contributed by atoms with Crippen LogP contribution in [0.4, 0.5) is 5.82 Å². The van der Waals surface area contributed by atoms with Crippen molar-refractivity contribution in [1.82, 2.24) is 9.97 Å². The van der Waals surface area contributed by atoms with Crippen LogP contribution in [0.25, 0.3) is 0 Å². The molecule has 1 saturated heterocycles. The molecule has 0 spiro atoms. The lowest BCUT2D eigenvalue weighted by Crippen LogP contribution is -2.40. The lowest BCUT2D eigenvalue weighted by molar-refractivity contribution is 0.0525. The molecule has 1 aliphatic heterocycles. The molecule has 0 saturated carbocycles. The minimum atomic E-state index is 0.238. The molecule has 0 radical (unpaired) electrons. The van der Waals surface area contributed by atoms with E-state index >= 15 is 0 Å². The number of aromatic nitrogens is 2. The van der Waals surface area contributed by atoms with Gasteiger partial charge >= 0.3 is 0 Å². The zero-order valence-corrected chi connectivity index (χ0v) is 9.96. The summed E-state index contributed by atoms with van der Waals surface area (Å²) in [7, 11) is 0. The van der Waals surface area contributed by atoms with Crippen LogP contribution in [0, 0.1) is 11.3 Å². The molecule has 1 aliphatic rings. The van der Waals surface area contributed by atoms with Gasteiger partial charge in [0.15, 0.2) is 11.5 Å². The molecule has 90 valence electrons. The SMILES string of the molecule is CCOC1CCCN(c2nccnc2C#N)C1. The van der Waals surface area contributed by atoms with Crippen molar-refractivity contribution in [3.8, 4) is 6.07 Å². The molecule has 1 atom stereocenters. The molecule has 17 heavy (non-hydrogen) atoms. The Balaban J connectivity index is 2.14. The van der Waals surface area contributed by atoms with Gasteiger partial charge in [-0.1, -0.05) is 0 Å². The van der Waals surface area contributed by atoms with Gasteiger partial charge in [-0.25, -0.2) is 9.97 Å². The van der Waals surface area contributed by atoms with Crippen molar-refractivity contribution in [3.05, 3.63) is 18.1 Å². The summed E-state index contributed by atoms with van der Waals surface area (Å²) < 4.78 is 5.64. The Morgan fingerprint density at radius 1 is 1.53 bits per heavy atom. The Hall–Kier alpha value is -1.67. The highest BCUT2D eigenvalue weighted by molar-refractivity contribution is 5.49. The third kappa shape index (κ3) is 2.71. The van der Waals surface area contributed by atoms with E-state index in [0.29, 0.717) is 11.5 Å². The zero-order chi connectivity index (χ0) is 12.1. The standard InChI is InChI=1S/C12H16N4O/c1-2-17-10-4-3-7-16(9-10)12-11(8-13)14-5-6-15-12/h5-6,10H,2-4,7,9H2,1H3. The molecule has 1 aromatic heterocycles. The minimum Gasteiger partial charge on any atom is -0.377 e. The first-order valence-corrected chi connectivity index (χ1v) is 5.92. The normalized spacial score (nSPS) is 20.0. The van der Waals surface area contributed by atoms with E-state index in [0.717, 1.165) is 32.5 Å². The minimum absolute atomic E-state index is 0.238. The maximum absolute atomic E-state index is 9.01. The van der Waals surface area contributed by atoms with Crippen LogP contribution < -0.4 is 4.90 Å². The van der Waals surface area contributed by atoms with Gasteiger partial charge in [-0.15, -0.1) is 0 Å². The second kappa shape index (κ2) is 5.60. The van der Waals surface area contributed by atoms with Crippen molar-refractivity contribution in [2.45, 2.75) is 25.9 Å². The fourth-order valence-corrected chi connectivity index (χ4v) is 2.14. The molecule has 1 aromatic rings. The first kappa shape index (κ1) is 11.8. The summed E-state index contributed by atoms with van der Waals surface area (Å²) in [6.45, 7) is 4.43. The Bertz CT molecular complexity index is 413. The summed E-state index contributed by atoms with van der Waals surface area (Å²) in [5.41, 5.74) is 0.393. The number of anilines is 1. The van der Waals surface area contributed by atoms with Gasteiger partial charge in [0.1, 0.15) is 6.07 Å². The molecule has 0 aliphatic carbocycles. The number of nitriles is 1. The van der Waals surface area contributed by atoms with Crippen molar-refractivity contribution in [2.75, 3.05) is 24.6 Å². The number of nitrogens with zero attached hydrogens (tertiary/aromatic N) is 4. The van der Waals surface area contributed by atoms with E-state index in [1.54, 1.807) is 12.4 Å². The van der Waals surface area contributed by atoms with E-state index < -0.39 is 0 Å². The van der Waals surface area contributed by atoms with Gasteiger partial charge in [-0.2, -0.15) is 5.26 Å². The average Bonchev–Trinajstić information content (AvgIpc) is 2.39. The smallest absolute Gasteiger partial charge is 0.183 e. The van der Waals surface area contributed by atoms with E-state index in [2.05, 4.69) is 20.9 Å². The Morgan fingerprint density at radius 2 is 2.35 bits per heavy atom. The number of piperidine rings is 1. The lowest BCUT2D eigenvalue weighted by atomic mass is 10.1. The van der Waals surface area contributed by atoms with Gasteiger partial charge in [-0.05, 0) is 19.8 Å². The highest BCUT2D eigenvalue weighted by Crippen LogP contribution is 2.21. The van der Waals surface area contributed by atoms with Crippen molar-refractivity contribution in [2.24, 2.45) is 0 Å². The summed E-state index contributed by atoms with van der Waals surface area (Å²) in [4.78, 5) is 10.4. The second-order valence-corrected chi connectivity index (χ2v) is 4.01. The van der Waals surface area contributed by atoms with E-state index in [1.807, 2.05) is 6.92 Å². The Kier molecular flexibility index (Phi) is 3.89. The van der Waals surface area contributed by atoms with Crippen molar-refractivity contribution in [3.63, 3.8) is 0 Å². The van der Waals surface area contributed by atoms with Crippen molar-refractivity contribution < 1.29 is 4.74 Å². The zero-order valence-electron chi connectivity index (χ0n) is 9.96. The van der Waals surface area contributed by atoms with Crippen LogP contribution >= 0.6 is 0 Å². The molecule has 0 amide bonds. The maximum Gasteiger partial charge on any atom is 0.183 e. The van der Waals surface area contributed by atoms with E-state index in [-0.39, 0.29) is 6.10 Å². The van der Waals surface area contributed by atoms with Crippen LogP contribution in [-0.4, -0.2) is 35.8 Å². The van der Waals surface area contributed by atoms with Gasteiger partial charge in [-0.3, -0.25) is 0 Å². The van der Waals surface area contributed by atoms with Crippen LogP contribution in [0.3, 0.4) is 0 Å². The summed E-state index contributed by atoms with van der Waals surface area (Å²) in [5, 5.41) is 9.01. The van der Waals surface area contributed by atoms with E-state index in [1.165, 1.54) is 0 Å². The summed E-state index contributed by atoms with van der Waals surface area (Å²) in [5.74, 6) is 0.680. The fourth-order valence-electron chi connectivity index (χ4n) is 2.14. The van der Waals surface area contributed by atoms with Crippen LogP contribution in [-0.2, 0) is 4.74 Å². The number of hydrogen-bond donors (Lipinski definition) is 0. The van der Waals surface area contributed by atoms with Gasteiger partial charge in [0, 0.05) is 32.1 Å². The van der Waals surface area contributed by atoms with Crippen molar-refractivity contribution in [1.29, 1.82) is 5.26 Å². The Morgan fingerprint density at radius 3 is 3.12 bits per heavy atom. The molecule has 5 nitrogen and oxygen atoms in total. The molecule has 5 heteroatoms. The maximum atomic E-state index is 9.01. The molecule has 0 N–H and O–H groups in total. The fraction of sp³-hybridized carbons (Fsp3) is 0.583. The third-order valence-corrected chi connectivity index (χ3v) is 2.86. The van der Waals surface area contributed by atoms with E-state index in [9.17, 15) is 0 Å². The molecule has 1 unspecified atom stereocenters. The van der Waals surface area contributed by atoms with Crippen LogP contribution in [0.5, 0.6) is 0 Å². The first-order chi connectivity index (χ1) is 8.35. The average molecular weight is 232 g/mol. The summed E-state index contributed by atoms with van der Waals surface area (Å²) in [6.07, 6.45) is 5.55. The topological polar surface area (TPSA) is 62.0 Å². The largest absolute Gasteiger partial charge is 0.377 e. The quantitative estimate of drug-likeness (QED) is 0.787. The lowest BCUT2D eigenvalue weighted by Gasteiger charge is -2.33. The number of hydrogen-bond acceptors (Lipinski definition) is 5. The van der Waals surface area contributed by atoms with Gasteiger partial charge in [0.2, 0.25) is 0 Å². The summed E-state index contributed by atoms with van der Waals surface area (Å²) >= 11 is 0. The molecule has 0 aromatic carbocycles. The monoisotopic (exact) mass is 232 g/mol. The molecule has 2 rings (SSSR count). The molecular weight excluding hydrogens is 216 g/mol. The number of rotatable bonds is 3. The molecule has 2 heterocycles. The van der Waals surface area contributed by atoms with Crippen LogP contribution in [0.2, 0.25) is 0 Å². The highest BCUT2D eigenvalue weighted by atomic mass is 16.5. The predicted molar refractivity (Wildman–Crippen MR) is 63.6 cm³/mol. The van der Waals surface area contributed by atoms with Gasteiger partial charge in [0.05, 0.1) is 6.10 Å². The van der Waals surface area contributed by atoms with E-state index in [4.69, 9.17) is 10.00 Å². The predicted octanol–water partition coefficient (Wildman–Crippen LogP) is 1.35. The first-order valence-electron chi connectivity index (χ1n) is 5.92. The van der Waals surface area contributed by atoms with Crippen LogP contribution in [0.1, 0.15) is 25.5 Å². The van der Waals surface area contributed by atoms with Gasteiger partial charge < -0.3 is 9.64 Å². The summed E-state index contributed by atoms with van der Waals surface area (Å²) in [6, 6.07) is 2.08. The number of ether oxygens (including phenoxy) is 1. The van der Waals surface area contributed by atoms with Gasteiger partial charge in [0.25, 0.3) is 0 Å². The van der Waals surface area contributed by atoms with Crippen LogP contribution in [0.15, 0.2) is 12.4 Å². The van der Waals surface area contributed by atoms with Crippen molar-refractivity contribution >= 4 is 5.82 Å². The molecule has 1 fully saturated rings. The highest BCUT2D eigenvalue weighted by Gasteiger charge is 2.23. The second-order valence-electron chi connectivity index (χ2n) is 4.01. The third-order valence-electron chi connectivity index (χ3n) is 2.86. The Labute approximate surface area is 101 Å².